The lowest BCUT2D eigenvalue weighted by atomic mass is 10.1. The molecule has 0 radical (unpaired) electrons. The Morgan fingerprint density at radius 3 is 2.91 bits per heavy atom. The van der Waals surface area contributed by atoms with Crippen molar-refractivity contribution in [2.45, 2.75) is 6.42 Å². The van der Waals surface area contributed by atoms with Gasteiger partial charge in [0.25, 0.3) is 0 Å². The first-order valence-corrected chi connectivity index (χ1v) is 3.42. The maximum Gasteiger partial charge on any atom is 0.138 e. The number of aromatic hydroxyl groups is 1. The predicted molar refractivity (Wildman–Crippen MR) is 47.5 cm³/mol. The van der Waals surface area contributed by atoms with Gasteiger partial charge in [0.2, 0.25) is 0 Å². The molecule has 2 rings (SSSR count). The zero-order valence-electron chi connectivity index (χ0n) is 6.00. The Balaban J connectivity index is 0.000000605. The molecule has 2 nitrogen and oxygen atoms in total. The third-order valence-corrected chi connectivity index (χ3v) is 1.82. The number of phenolic OH excluding ortho intramolecular Hbond substituents is 1. The van der Waals surface area contributed by atoms with Gasteiger partial charge >= 0.3 is 0 Å². The van der Waals surface area contributed by atoms with Crippen LogP contribution in [0.15, 0.2) is 18.2 Å². The Hall–Kier alpha value is -0.890. The first-order valence-electron chi connectivity index (χ1n) is 3.42. The molecule has 1 aromatic carbocycles. The second kappa shape index (κ2) is 3.01. The molecule has 1 heterocycles. The zero-order chi connectivity index (χ0) is 6.97. The molecule has 11 heavy (non-hydrogen) atoms. The average Bonchev–Trinajstić information content (AvgIpc) is 2.36. The lowest BCUT2D eigenvalue weighted by Gasteiger charge is -2.00. The van der Waals surface area contributed by atoms with Crippen LogP contribution in [0.25, 0.3) is 0 Å². The van der Waals surface area contributed by atoms with Crippen LogP contribution in [-0.2, 0) is 6.42 Å². The van der Waals surface area contributed by atoms with E-state index < -0.39 is 0 Å². The van der Waals surface area contributed by atoms with Crippen molar-refractivity contribution in [3.8, 4) is 5.75 Å². The van der Waals surface area contributed by atoms with E-state index in [4.69, 9.17) is 0 Å². The van der Waals surface area contributed by atoms with Crippen LogP contribution in [-0.4, -0.2) is 11.7 Å². The molecule has 2 N–H and O–H groups in total. The van der Waals surface area contributed by atoms with E-state index in [1.54, 1.807) is 6.07 Å². The molecule has 0 saturated heterocycles. The minimum atomic E-state index is 0. The summed E-state index contributed by atoms with van der Waals surface area (Å²) in [5.41, 5.74) is 2.14. The van der Waals surface area contributed by atoms with Gasteiger partial charge in [-0.25, -0.2) is 0 Å². The molecule has 0 amide bonds. The molecule has 0 unspecified atom stereocenters. The maximum atomic E-state index is 9.27. The number of hydrogen-bond donors (Lipinski definition) is 2. The van der Waals surface area contributed by atoms with E-state index in [0.717, 1.165) is 18.7 Å². The summed E-state index contributed by atoms with van der Waals surface area (Å²) in [6.07, 6.45) is 1.03. The Morgan fingerprint density at radius 1 is 1.36 bits per heavy atom. The van der Waals surface area contributed by atoms with Gasteiger partial charge in [-0.15, -0.1) is 12.4 Å². The lowest BCUT2D eigenvalue weighted by molar-refractivity contribution is 0.477. The van der Waals surface area contributed by atoms with E-state index in [1.165, 1.54) is 5.56 Å². The van der Waals surface area contributed by atoms with Crippen LogP contribution in [0.3, 0.4) is 0 Å². The summed E-state index contributed by atoms with van der Waals surface area (Å²) in [7, 11) is 0. The fourth-order valence-corrected chi connectivity index (χ4v) is 1.32. The van der Waals surface area contributed by atoms with Crippen molar-refractivity contribution in [2.75, 3.05) is 11.9 Å². The van der Waals surface area contributed by atoms with Gasteiger partial charge in [0, 0.05) is 6.54 Å². The predicted octanol–water partition coefficient (Wildman–Crippen LogP) is 1.78. The monoisotopic (exact) mass is 171 g/mol. The molecule has 0 saturated carbocycles. The summed E-state index contributed by atoms with van der Waals surface area (Å²) in [5, 5.41) is 12.4. The number of hydrogen-bond acceptors (Lipinski definition) is 2. The lowest BCUT2D eigenvalue weighted by Crippen LogP contribution is -1.90. The highest BCUT2D eigenvalue weighted by atomic mass is 35.5. The second-order valence-corrected chi connectivity index (χ2v) is 2.49. The molecular formula is C8H10ClNO. The van der Waals surface area contributed by atoms with Gasteiger partial charge in [0.1, 0.15) is 5.75 Å². The number of fused-ring (bicyclic) bond motifs is 1. The summed E-state index contributed by atoms with van der Waals surface area (Å²) in [4.78, 5) is 0. The van der Waals surface area contributed by atoms with Gasteiger partial charge in [-0.05, 0) is 18.1 Å². The Kier molecular flexibility index (Phi) is 2.25. The summed E-state index contributed by atoms with van der Waals surface area (Å²) < 4.78 is 0. The molecule has 60 valence electrons. The van der Waals surface area contributed by atoms with Crippen LogP contribution in [0.5, 0.6) is 5.75 Å². The summed E-state index contributed by atoms with van der Waals surface area (Å²) in [5.74, 6) is 0.370. The fourth-order valence-electron chi connectivity index (χ4n) is 1.32. The van der Waals surface area contributed by atoms with Gasteiger partial charge in [-0.2, -0.15) is 0 Å². The van der Waals surface area contributed by atoms with E-state index in [2.05, 4.69) is 5.32 Å². The van der Waals surface area contributed by atoms with Crippen LogP contribution in [0, 0.1) is 0 Å². The molecular weight excluding hydrogens is 162 g/mol. The topological polar surface area (TPSA) is 32.3 Å². The third kappa shape index (κ3) is 1.26. The van der Waals surface area contributed by atoms with E-state index >= 15 is 0 Å². The van der Waals surface area contributed by atoms with Gasteiger partial charge < -0.3 is 10.4 Å². The second-order valence-electron chi connectivity index (χ2n) is 2.49. The zero-order valence-corrected chi connectivity index (χ0v) is 6.82. The van der Waals surface area contributed by atoms with Gasteiger partial charge in [-0.3, -0.25) is 0 Å². The van der Waals surface area contributed by atoms with E-state index in [0.29, 0.717) is 5.75 Å². The molecule has 1 aliphatic rings. The average molecular weight is 172 g/mol. The Morgan fingerprint density at radius 2 is 2.18 bits per heavy atom. The van der Waals surface area contributed by atoms with E-state index in [1.807, 2.05) is 12.1 Å². The van der Waals surface area contributed by atoms with Crippen LogP contribution < -0.4 is 5.32 Å². The van der Waals surface area contributed by atoms with E-state index in [9.17, 15) is 5.11 Å². The highest BCUT2D eigenvalue weighted by molar-refractivity contribution is 5.85. The van der Waals surface area contributed by atoms with Crippen molar-refractivity contribution in [3.05, 3.63) is 23.8 Å². The smallest absolute Gasteiger partial charge is 0.138 e. The standard InChI is InChI=1S/C8H9NO.ClH/c10-7-3-1-2-6-4-5-9-8(6)7;/h1-3,9-10H,4-5H2;1H. The molecule has 0 spiro atoms. The minimum absolute atomic E-state index is 0. The number of para-hydroxylation sites is 1. The van der Waals surface area contributed by atoms with Crippen LogP contribution in [0.1, 0.15) is 5.56 Å². The first-order chi connectivity index (χ1) is 4.88. The van der Waals surface area contributed by atoms with Gasteiger partial charge in [0.15, 0.2) is 0 Å². The van der Waals surface area contributed by atoms with Crippen molar-refractivity contribution in [2.24, 2.45) is 0 Å². The van der Waals surface area contributed by atoms with Crippen LogP contribution in [0.4, 0.5) is 5.69 Å². The van der Waals surface area contributed by atoms with Gasteiger partial charge in [-0.1, -0.05) is 12.1 Å². The Labute approximate surface area is 71.7 Å². The molecule has 0 bridgehead atoms. The fraction of sp³-hybridized carbons (Fsp3) is 0.250. The number of benzene rings is 1. The minimum Gasteiger partial charge on any atom is -0.506 e. The molecule has 0 atom stereocenters. The Bertz CT molecular complexity index is 262. The maximum absolute atomic E-state index is 9.27. The SMILES string of the molecule is Cl.Oc1cccc2c1NCC2. The van der Waals surface area contributed by atoms with Crippen molar-refractivity contribution in [1.29, 1.82) is 0 Å². The highest BCUT2D eigenvalue weighted by Crippen LogP contribution is 2.30. The van der Waals surface area contributed by atoms with Gasteiger partial charge in [0.05, 0.1) is 5.69 Å². The van der Waals surface area contributed by atoms with Crippen LogP contribution in [0.2, 0.25) is 0 Å². The van der Waals surface area contributed by atoms with Crippen molar-refractivity contribution >= 4 is 18.1 Å². The number of nitrogens with one attached hydrogen (secondary N) is 1. The quantitative estimate of drug-likeness (QED) is 0.584. The van der Waals surface area contributed by atoms with Crippen molar-refractivity contribution in [1.82, 2.24) is 0 Å². The molecule has 0 aromatic heterocycles. The normalized spacial score (nSPS) is 13.1. The van der Waals surface area contributed by atoms with Crippen LogP contribution >= 0.6 is 12.4 Å². The summed E-state index contributed by atoms with van der Waals surface area (Å²) in [6, 6.07) is 5.62. The molecule has 1 aromatic rings. The number of phenols is 1. The van der Waals surface area contributed by atoms with E-state index in [-0.39, 0.29) is 12.4 Å². The third-order valence-electron chi connectivity index (χ3n) is 1.82. The first kappa shape index (κ1) is 8.21. The molecule has 1 aliphatic heterocycles. The van der Waals surface area contributed by atoms with Crippen molar-refractivity contribution in [3.63, 3.8) is 0 Å². The molecule has 3 heteroatoms. The number of halogens is 1. The summed E-state index contributed by atoms with van der Waals surface area (Å²) in [6.45, 7) is 0.951. The largest absolute Gasteiger partial charge is 0.506 e. The van der Waals surface area contributed by atoms with Crippen molar-refractivity contribution < 1.29 is 5.11 Å². The molecule has 0 aliphatic carbocycles. The summed E-state index contributed by atoms with van der Waals surface area (Å²) >= 11 is 0. The number of rotatable bonds is 0. The number of anilines is 1. The molecule has 0 fully saturated rings. The highest BCUT2D eigenvalue weighted by Gasteiger charge is 2.11.